The van der Waals surface area contributed by atoms with Crippen LogP contribution in [-0.2, 0) is 11.3 Å². The number of hydrogen-bond acceptors (Lipinski definition) is 7. The van der Waals surface area contributed by atoms with Crippen molar-refractivity contribution in [1.29, 1.82) is 0 Å². The quantitative estimate of drug-likeness (QED) is 0.728. The van der Waals surface area contributed by atoms with Crippen LogP contribution in [-0.4, -0.2) is 40.8 Å². The summed E-state index contributed by atoms with van der Waals surface area (Å²) in [6, 6.07) is 5.94. The zero-order valence-corrected chi connectivity index (χ0v) is 16.3. The summed E-state index contributed by atoms with van der Waals surface area (Å²) in [5.74, 6) is 0.737. The van der Waals surface area contributed by atoms with Gasteiger partial charge in [-0.1, -0.05) is 25.2 Å². The summed E-state index contributed by atoms with van der Waals surface area (Å²) in [7, 11) is 0. The van der Waals surface area contributed by atoms with Gasteiger partial charge in [-0.25, -0.2) is 9.97 Å². The van der Waals surface area contributed by atoms with Gasteiger partial charge >= 0.3 is 0 Å². The van der Waals surface area contributed by atoms with Crippen molar-refractivity contribution in [3.8, 4) is 0 Å². The lowest BCUT2D eigenvalue weighted by atomic mass is 10.2. The number of fused-ring (bicyclic) bond motifs is 1. The SMILES string of the molecule is CC(C)Cn1ccnc(Nc2ccc3nc(N4CCOCC4)sc3c2)c1=O. The van der Waals surface area contributed by atoms with Crippen LogP contribution >= 0.6 is 11.3 Å². The molecule has 0 aliphatic carbocycles. The summed E-state index contributed by atoms with van der Waals surface area (Å²) in [6.07, 6.45) is 3.39. The largest absolute Gasteiger partial charge is 0.378 e. The van der Waals surface area contributed by atoms with Crippen LogP contribution in [0.3, 0.4) is 0 Å². The van der Waals surface area contributed by atoms with E-state index in [2.05, 4.69) is 29.0 Å². The summed E-state index contributed by atoms with van der Waals surface area (Å²) in [5, 5.41) is 4.18. The molecule has 7 nitrogen and oxygen atoms in total. The van der Waals surface area contributed by atoms with E-state index in [0.29, 0.717) is 18.3 Å². The zero-order valence-electron chi connectivity index (χ0n) is 15.5. The van der Waals surface area contributed by atoms with Crippen molar-refractivity contribution in [1.82, 2.24) is 14.5 Å². The van der Waals surface area contributed by atoms with Gasteiger partial charge in [0.1, 0.15) is 0 Å². The first-order chi connectivity index (χ1) is 13.1. The molecular weight excluding hydrogens is 362 g/mol. The van der Waals surface area contributed by atoms with Crippen molar-refractivity contribution < 1.29 is 4.74 Å². The molecule has 0 unspecified atom stereocenters. The maximum absolute atomic E-state index is 12.6. The zero-order chi connectivity index (χ0) is 18.8. The average Bonchev–Trinajstić information content (AvgIpc) is 3.09. The molecule has 142 valence electrons. The molecule has 0 radical (unpaired) electrons. The lowest BCUT2D eigenvalue weighted by molar-refractivity contribution is 0.122. The van der Waals surface area contributed by atoms with Gasteiger partial charge in [-0.3, -0.25) is 4.79 Å². The fourth-order valence-electron chi connectivity index (χ4n) is 3.09. The Hall–Kier alpha value is -2.45. The first kappa shape index (κ1) is 17.9. The molecule has 1 fully saturated rings. The second kappa shape index (κ2) is 7.66. The number of aromatic nitrogens is 3. The van der Waals surface area contributed by atoms with E-state index in [4.69, 9.17) is 9.72 Å². The summed E-state index contributed by atoms with van der Waals surface area (Å²) in [6.45, 7) is 8.07. The van der Waals surface area contributed by atoms with Gasteiger partial charge < -0.3 is 19.5 Å². The maximum atomic E-state index is 12.6. The third-order valence-corrected chi connectivity index (χ3v) is 5.48. The predicted molar refractivity (Wildman–Crippen MR) is 109 cm³/mol. The summed E-state index contributed by atoms with van der Waals surface area (Å²) in [5.41, 5.74) is 1.70. The number of benzene rings is 1. The minimum atomic E-state index is -0.107. The van der Waals surface area contributed by atoms with Crippen LogP contribution in [0, 0.1) is 5.92 Å². The highest BCUT2D eigenvalue weighted by molar-refractivity contribution is 7.22. The third-order valence-electron chi connectivity index (χ3n) is 4.40. The Balaban J connectivity index is 1.58. The number of ether oxygens (including phenoxy) is 1. The van der Waals surface area contributed by atoms with E-state index in [1.165, 1.54) is 0 Å². The first-order valence-corrected chi connectivity index (χ1v) is 9.97. The third kappa shape index (κ3) is 3.96. The van der Waals surface area contributed by atoms with E-state index in [-0.39, 0.29) is 5.56 Å². The van der Waals surface area contributed by atoms with Crippen LogP contribution in [0.1, 0.15) is 13.8 Å². The molecule has 27 heavy (non-hydrogen) atoms. The van der Waals surface area contributed by atoms with Crippen molar-refractivity contribution in [3.05, 3.63) is 40.9 Å². The molecule has 3 heterocycles. The lowest BCUT2D eigenvalue weighted by Crippen LogP contribution is -2.36. The van der Waals surface area contributed by atoms with Crippen LogP contribution in [0.25, 0.3) is 10.2 Å². The number of thiazole rings is 1. The van der Waals surface area contributed by atoms with Gasteiger partial charge in [0.15, 0.2) is 10.9 Å². The average molecular weight is 385 g/mol. The topological polar surface area (TPSA) is 72.3 Å². The highest BCUT2D eigenvalue weighted by Gasteiger charge is 2.16. The van der Waals surface area contributed by atoms with Gasteiger partial charge in [0, 0.05) is 37.7 Å². The van der Waals surface area contributed by atoms with Gasteiger partial charge in [0.2, 0.25) is 0 Å². The summed E-state index contributed by atoms with van der Waals surface area (Å²) >= 11 is 1.66. The molecule has 1 saturated heterocycles. The molecule has 1 N–H and O–H groups in total. The predicted octanol–water partition coefficient (Wildman–Crippen LogP) is 3.09. The summed E-state index contributed by atoms with van der Waals surface area (Å²) in [4.78, 5) is 23.8. The monoisotopic (exact) mass is 385 g/mol. The van der Waals surface area contributed by atoms with Crippen LogP contribution in [0.2, 0.25) is 0 Å². The molecule has 4 rings (SSSR count). The van der Waals surface area contributed by atoms with Gasteiger partial charge in [-0.2, -0.15) is 0 Å². The number of hydrogen-bond donors (Lipinski definition) is 1. The van der Waals surface area contributed by atoms with Gasteiger partial charge in [0.25, 0.3) is 5.56 Å². The minimum absolute atomic E-state index is 0.107. The molecule has 0 spiro atoms. The number of nitrogens with one attached hydrogen (secondary N) is 1. The van der Waals surface area contributed by atoms with Gasteiger partial charge in [-0.05, 0) is 24.1 Å². The van der Waals surface area contributed by atoms with E-state index in [0.717, 1.165) is 47.3 Å². The number of nitrogens with zero attached hydrogens (tertiary/aromatic N) is 4. The van der Waals surface area contributed by atoms with E-state index >= 15 is 0 Å². The van der Waals surface area contributed by atoms with E-state index in [1.54, 1.807) is 28.3 Å². The fraction of sp³-hybridized carbons (Fsp3) is 0.421. The van der Waals surface area contributed by atoms with E-state index < -0.39 is 0 Å². The smallest absolute Gasteiger partial charge is 0.293 e. The molecule has 1 aliphatic heterocycles. The number of anilines is 3. The Labute approximate surface area is 161 Å². The van der Waals surface area contributed by atoms with Crippen molar-refractivity contribution in [2.75, 3.05) is 36.5 Å². The molecule has 0 bridgehead atoms. The van der Waals surface area contributed by atoms with Crippen molar-refractivity contribution >= 4 is 38.2 Å². The maximum Gasteiger partial charge on any atom is 0.293 e. The Kier molecular flexibility index (Phi) is 5.09. The van der Waals surface area contributed by atoms with E-state index in [1.807, 2.05) is 18.2 Å². The molecule has 0 saturated carbocycles. The first-order valence-electron chi connectivity index (χ1n) is 9.16. The molecule has 1 aliphatic rings. The van der Waals surface area contributed by atoms with Crippen LogP contribution in [0.4, 0.5) is 16.6 Å². The van der Waals surface area contributed by atoms with E-state index in [9.17, 15) is 4.79 Å². The van der Waals surface area contributed by atoms with Crippen molar-refractivity contribution in [2.45, 2.75) is 20.4 Å². The van der Waals surface area contributed by atoms with Crippen LogP contribution in [0.15, 0.2) is 35.4 Å². The molecule has 3 aromatic rings. The van der Waals surface area contributed by atoms with Crippen molar-refractivity contribution in [3.63, 3.8) is 0 Å². The molecule has 1 aromatic carbocycles. The number of rotatable bonds is 5. The number of morpholine rings is 1. The fourth-order valence-corrected chi connectivity index (χ4v) is 4.14. The normalized spacial score (nSPS) is 14.9. The second-order valence-electron chi connectivity index (χ2n) is 7.03. The Morgan fingerprint density at radius 3 is 2.89 bits per heavy atom. The minimum Gasteiger partial charge on any atom is -0.378 e. The standard InChI is InChI=1S/C19H23N5O2S/c1-13(2)12-24-6-5-20-17(18(24)25)21-14-3-4-15-16(11-14)27-19(22-15)23-7-9-26-10-8-23/h3-6,11,13H,7-10,12H2,1-2H3,(H,20,21). The highest BCUT2D eigenvalue weighted by Crippen LogP contribution is 2.31. The Morgan fingerprint density at radius 2 is 2.11 bits per heavy atom. The van der Waals surface area contributed by atoms with Crippen molar-refractivity contribution in [2.24, 2.45) is 5.92 Å². The Morgan fingerprint density at radius 1 is 1.30 bits per heavy atom. The lowest BCUT2D eigenvalue weighted by Gasteiger charge is -2.25. The molecule has 2 aromatic heterocycles. The van der Waals surface area contributed by atoms with Crippen LogP contribution < -0.4 is 15.8 Å². The van der Waals surface area contributed by atoms with Crippen LogP contribution in [0.5, 0.6) is 0 Å². The van der Waals surface area contributed by atoms with Gasteiger partial charge in [-0.15, -0.1) is 0 Å². The second-order valence-corrected chi connectivity index (χ2v) is 8.04. The molecule has 0 atom stereocenters. The Bertz CT molecular complexity index is 991. The summed E-state index contributed by atoms with van der Waals surface area (Å²) < 4.78 is 8.19. The molecular formula is C19H23N5O2S. The van der Waals surface area contributed by atoms with Gasteiger partial charge in [0.05, 0.1) is 23.4 Å². The molecule has 8 heteroatoms. The highest BCUT2D eigenvalue weighted by atomic mass is 32.1. The molecule has 0 amide bonds.